The van der Waals surface area contributed by atoms with E-state index in [-0.39, 0.29) is 18.9 Å². The van der Waals surface area contributed by atoms with Crippen LogP contribution in [0.25, 0.3) is 0 Å². The van der Waals surface area contributed by atoms with E-state index in [0.29, 0.717) is 18.5 Å². The third-order valence-electron chi connectivity index (χ3n) is 3.62. The summed E-state index contributed by atoms with van der Waals surface area (Å²) in [5.74, 6) is -0.345. The van der Waals surface area contributed by atoms with Crippen molar-refractivity contribution in [2.45, 2.75) is 12.8 Å². The molecular formula is C19H21FN2O3. The Morgan fingerprint density at radius 3 is 2.60 bits per heavy atom. The first-order chi connectivity index (χ1) is 12.1. The molecule has 25 heavy (non-hydrogen) atoms. The Morgan fingerprint density at radius 1 is 1.04 bits per heavy atom. The number of nitrogens with one attached hydrogen (secondary N) is 2. The van der Waals surface area contributed by atoms with E-state index in [1.165, 1.54) is 6.07 Å². The third-order valence-corrected chi connectivity index (χ3v) is 3.62. The van der Waals surface area contributed by atoms with Crippen LogP contribution in [0.4, 0.5) is 4.39 Å². The quantitative estimate of drug-likeness (QED) is 0.768. The number of carbonyl (C=O) groups excluding carboxylic acids is 2. The van der Waals surface area contributed by atoms with Crippen LogP contribution in [0.1, 0.15) is 11.1 Å². The minimum absolute atomic E-state index is 0.0935. The Kier molecular flexibility index (Phi) is 6.95. The third kappa shape index (κ3) is 6.25. The monoisotopic (exact) mass is 344 g/mol. The Bertz CT molecular complexity index is 734. The standard InChI is InChI=1S/C19H21FN2O3/c1-25-16-7-4-5-14(11-16)9-10-21-19(24)13-22-18(23)12-15-6-2-3-8-17(15)20/h2-8,11H,9-10,12-13H2,1H3,(H,21,24)(H,22,23). The van der Waals surface area contributed by atoms with Crippen molar-refractivity contribution in [3.63, 3.8) is 0 Å². The smallest absolute Gasteiger partial charge is 0.239 e. The topological polar surface area (TPSA) is 67.4 Å². The van der Waals surface area contributed by atoms with Gasteiger partial charge in [0.05, 0.1) is 20.1 Å². The molecule has 0 aliphatic rings. The van der Waals surface area contributed by atoms with Gasteiger partial charge in [-0.1, -0.05) is 30.3 Å². The maximum Gasteiger partial charge on any atom is 0.239 e. The van der Waals surface area contributed by atoms with E-state index in [1.807, 2.05) is 24.3 Å². The molecule has 2 amide bonds. The first-order valence-electron chi connectivity index (χ1n) is 7.98. The molecule has 2 N–H and O–H groups in total. The zero-order valence-electron chi connectivity index (χ0n) is 14.0. The van der Waals surface area contributed by atoms with Crippen molar-refractivity contribution >= 4 is 11.8 Å². The van der Waals surface area contributed by atoms with Gasteiger partial charge in [0.1, 0.15) is 11.6 Å². The first kappa shape index (κ1) is 18.4. The van der Waals surface area contributed by atoms with Crippen LogP contribution in [0.3, 0.4) is 0 Å². The Labute approximate surface area is 146 Å². The molecule has 0 saturated heterocycles. The molecule has 0 spiro atoms. The molecule has 5 nitrogen and oxygen atoms in total. The highest BCUT2D eigenvalue weighted by molar-refractivity contribution is 5.85. The lowest BCUT2D eigenvalue weighted by atomic mass is 10.1. The average molecular weight is 344 g/mol. The molecule has 0 heterocycles. The minimum atomic E-state index is -0.430. The normalized spacial score (nSPS) is 10.2. The van der Waals surface area contributed by atoms with Gasteiger partial charge in [-0.15, -0.1) is 0 Å². The predicted molar refractivity (Wildman–Crippen MR) is 92.8 cm³/mol. The van der Waals surface area contributed by atoms with Gasteiger partial charge in [0.15, 0.2) is 0 Å². The highest BCUT2D eigenvalue weighted by atomic mass is 19.1. The summed E-state index contributed by atoms with van der Waals surface area (Å²) in [7, 11) is 1.60. The highest BCUT2D eigenvalue weighted by Crippen LogP contribution is 2.12. The molecule has 0 aliphatic heterocycles. The molecule has 2 aromatic rings. The van der Waals surface area contributed by atoms with E-state index in [0.717, 1.165) is 11.3 Å². The number of methoxy groups -OCH3 is 1. The predicted octanol–water partition coefficient (Wildman–Crippen LogP) is 1.85. The molecule has 0 aromatic heterocycles. The number of benzene rings is 2. The lowest BCUT2D eigenvalue weighted by molar-refractivity contribution is -0.125. The Hall–Kier alpha value is -2.89. The van der Waals surface area contributed by atoms with Crippen LogP contribution in [-0.4, -0.2) is 32.0 Å². The maximum absolute atomic E-state index is 13.5. The number of halogens is 1. The summed E-state index contributed by atoms with van der Waals surface area (Å²) in [6, 6.07) is 13.7. The fraction of sp³-hybridized carbons (Fsp3) is 0.263. The van der Waals surface area contributed by atoms with Crippen molar-refractivity contribution < 1.29 is 18.7 Å². The second kappa shape index (κ2) is 9.42. The molecule has 0 atom stereocenters. The number of rotatable bonds is 8. The number of hydrogen-bond acceptors (Lipinski definition) is 3. The van der Waals surface area contributed by atoms with Gasteiger partial charge in [0, 0.05) is 6.54 Å². The van der Waals surface area contributed by atoms with Gasteiger partial charge in [-0.3, -0.25) is 9.59 Å². The van der Waals surface area contributed by atoms with Gasteiger partial charge in [-0.2, -0.15) is 0 Å². The molecule has 0 fully saturated rings. The number of hydrogen-bond donors (Lipinski definition) is 2. The van der Waals surface area contributed by atoms with Crippen LogP contribution >= 0.6 is 0 Å². The summed E-state index contributed by atoms with van der Waals surface area (Å²) < 4.78 is 18.6. The van der Waals surface area contributed by atoms with Gasteiger partial charge < -0.3 is 15.4 Å². The molecule has 0 unspecified atom stereocenters. The van der Waals surface area contributed by atoms with Gasteiger partial charge in [-0.05, 0) is 35.7 Å². The fourth-order valence-electron chi connectivity index (χ4n) is 2.29. The van der Waals surface area contributed by atoms with Crippen molar-refractivity contribution in [1.29, 1.82) is 0 Å². The minimum Gasteiger partial charge on any atom is -0.497 e. The van der Waals surface area contributed by atoms with E-state index in [4.69, 9.17) is 4.74 Å². The van der Waals surface area contributed by atoms with E-state index in [9.17, 15) is 14.0 Å². The average Bonchev–Trinajstić information content (AvgIpc) is 2.62. The molecule has 0 radical (unpaired) electrons. The van der Waals surface area contributed by atoms with E-state index in [1.54, 1.807) is 25.3 Å². The lowest BCUT2D eigenvalue weighted by Gasteiger charge is -2.08. The molecule has 6 heteroatoms. The molecule has 0 saturated carbocycles. The summed E-state index contributed by atoms with van der Waals surface area (Å²) in [5.41, 5.74) is 1.35. The fourth-order valence-corrected chi connectivity index (χ4v) is 2.29. The summed E-state index contributed by atoms with van der Waals surface area (Å²) >= 11 is 0. The second-order valence-corrected chi connectivity index (χ2v) is 5.50. The van der Waals surface area contributed by atoms with Crippen molar-refractivity contribution in [1.82, 2.24) is 10.6 Å². The molecule has 2 rings (SSSR count). The van der Waals surface area contributed by atoms with Crippen LogP contribution in [-0.2, 0) is 22.4 Å². The molecule has 132 valence electrons. The summed E-state index contributed by atoms with van der Waals surface area (Å²) in [6.45, 7) is 0.320. The van der Waals surface area contributed by atoms with Crippen molar-refractivity contribution in [2.24, 2.45) is 0 Å². The maximum atomic E-state index is 13.5. The zero-order valence-corrected chi connectivity index (χ0v) is 14.0. The SMILES string of the molecule is COc1cccc(CCNC(=O)CNC(=O)Cc2ccccc2F)c1. The molecular weight excluding hydrogens is 323 g/mol. The van der Waals surface area contributed by atoms with Crippen LogP contribution < -0.4 is 15.4 Å². The van der Waals surface area contributed by atoms with Crippen molar-refractivity contribution in [2.75, 3.05) is 20.2 Å². The summed E-state index contributed by atoms with van der Waals surface area (Å²) in [5, 5.41) is 5.22. The van der Waals surface area contributed by atoms with Crippen LogP contribution in [0, 0.1) is 5.82 Å². The van der Waals surface area contributed by atoms with Gasteiger partial charge in [0.25, 0.3) is 0 Å². The van der Waals surface area contributed by atoms with E-state index in [2.05, 4.69) is 10.6 Å². The second-order valence-electron chi connectivity index (χ2n) is 5.50. The van der Waals surface area contributed by atoms with E-state index >= 15 is 0 Å². The van der Waals surface area contributed by atoms with E-state index < -0.39 is 11.7 Å². The highest BCUT2D eigenvalue weighted by Gasteiger charge is 2.09. The number of ether oxygens (including phenoxy) is 1. The van der Waals surface area contributed by atoms with Crippen LogP contribution in [0.15, 0.2) is 48.5 Å². The van der Waals surface area contributed by atoms with Gasteiger partial charge >= 0.3 is 0 Å². The largest absolute Gasteiger partial charge is 0.497 e. The molecule has 0 bridgehead atoms. The Morgan fingerprint density at radius 2 is 1.84 bits per heavy atom. The van der Waals surface area contributed by atoms with Gasteiger partial charge in [0.2, 0.25) is 11.8 Å². The first-order valence-corrected chi connectivity index (χ1v) is 7.98. The Balaban J connectivity index is 1.68. The van der Waals surface area contributed by atoms with Crippen LogP contribution in [0.2, 0.25) is 0 Å². The zero-order chi connectivity index (χ0) is 18.1. The molecule has 2 aromatic carbocycles. The van der Waals surface area contributed by atoms with Crippen molar-refractivity contribution in [3.8, 4) is 5.75 Å². The van der Waals surface area contributed by atoms with Crippen molar-refractivity contribution in [3.05, 3.63) is 65.5 Å². The lowest BCUT2D eigenvalue weighted by Crippen LogP contribution is -2.38. The number of carbonyl (C=O) groups is 2. The number of amides is 2. The van der Waals surface area contributed by atoms with Crippen LogP contribution in [0.5, 0.6) is 5.75 Å². The molecule has 0 aliphatic carbocycles. The van der Waals surface area contributed by atoms with Gasteiger partial charge in [-0.25, -0.2) is 4.39 Å². The summed E-state index contributed by atoms with van der Waals surface area (Å²) in [6.07, 6.45) is 0.565. The summed E-state index contributed by atoms with van der Waals surface area (Å²) in [4.78, 5) is 23.5.